The zero-order valence-electron chi connectivity index (χ0n) is 11.3. The maximum absolute atomic E-state index is 6.24. The van der Waals surface area contributed by atoms with Crippen LogP contribution in [0.4, 0.5) is 0 Å². The van der Waals surface area contributed by atoms with Gasteiger partial charge in [-0.2, -0.15) is 0 Å². The lowest BCUT2D eigenvalue weighted by atomic mass is 10.1. The minimum atomic E-state index is 0.630. The summed E-state index contributed by atoms with van der Waals surface area (Å²) in [6.45, 7) is 6.32. The van der Waals surface area contributed by atoms with Gasteiger partial charge in [0.1, 0.15) is 25.4 Å². The lowest BCUT2D eigenvalue weighted by Crippen LogP contribution is -2.83. The van der Waals surface area contributed by atoms with Crippen LogP contribution in [-0.2, 0) is 6.54 Å². The molecule has 0 unspecified atom stereocenters. The number of aryl methyl sites for hydroxylation is 2. The predicted molar refractivity (Wildman–Crippen MR) is 75.6 cm³/mol. The van der Waals surface area contributed by atoms with E-state index >= 15 is 0 Å². The van der Waals surface area contributed by atoms with E-state index in [4.69, 9.17) is 20.8 Å². The van der Waals surface area contributed by atoms with Crippen molar-refractivity contribution in [1.29, 1.82) is 0 Å². The van der Waals surface area contributed by atoms with Crippen LogP contribution in [0.1, 0.15) is 16.9 Å². The molecule has 2 rings (SSSR count). The molecule has 2 N–H and O–H groups in total. The van der Waals surface area contributed by atoms with Crippen LogP contribution in [0.2, 0.25) is 5.02 Å². The van der Waals surface area contributed by atoms with Crippen LogP contribution in [0.5, 0.6) is 5.75 Å². The molecule has 3 nitrogen and oxygen atoms in total. The average Bonchev–Trinajstić information content (AvgIpc) is 2.90. The van der Waals surface area contributed by atoms with E-state index in [9.17, 15) is 0 Å². The lowest BCUT2D eigenvalue weighted by Gasteiger charge is -2.11. The van der Waals surface area contributed by atoms with E-state index in [1.54, 1.807) is 6.26 Å². The fourth-order valence-corrected chi connectivity index (χ4v) is 2.11. The number of ether oxygens (including phenoxy) is 1. The fraction of sp³-hybridized carbons (Fsp3) is 0.333. The molecule has 0 bridgehead atoms. The minimum Gasteiger partial charge on any atom is -0.486 e. The summed E-state index contributed by atoms with van der Waals surface area (Å²) >= 11 is 6.24. The third-order valence-electron chi connectivity index (χ3n) is 2.98. The van der Waals surface area contributed by atoms with Crippen molar-refractivity contribution in [1.82, 2.24) is 0 Å². The summed E-state index contributed by atoms with van der Waals surface area (Å²) in [4.78, 5) is 0. The first-order valence-electron chi connectivity index (χ1n) is 6.41. The molecule has 4 heteroatoms. The first-order chi connectivity index (χ1) is 9.18. The molecule has 2 aromatic rings. The standard InChI is InChI=1S/C15H18ClNO2/c1-11-5-6-12(2)15(14(11)16)19-9-7-17-10-13-4-3-8-18-13/h3-6,8,17H,7,9-10H2,1-2H3/p+1. The maximum Gasteiger partial charge on any atom is 0.157 e. The molecule has 0 fully saturated rings. The number of hydrogen-bond acceptors (Lipinski definition) is 2. The molecule has 0 radical (unpaired) electrons. The van der Waals surface area contributed by atoms with Crippen molar-refractivity contribution in [2.24, 2.45) is 0 Å². The van der Waals surface area contributed by atoms with Gasteiger partial charge >= 0.3 is 0 Å². The Kier molecular flexibility index (Phi) is 4.88. The van der Waals surface area contributed by atoms with Gasteiger partial charge in [-0.05, 0) is 37.1 Å². The summed E-state index contributed by atoms with van der Waals surface area (Å²) in [6.07, 6.45) is 1.69. The Morgan fingerprint density at radius 1 is 1.21 bits per heavy atom. The van der Waals surface area contributed by atoms with Gasteiger partial charge in [-0.25, -0.2) is 0 Å². The largest absolute Gasteiger partial charge is 0.486 e. The molecule has 0 atom stereocenters. The average molecular weight is 281 g/mol. The molecule has 0 aliphatic carbocycles. The highest BCUT2D eigenvalue weighted by Gasteiger charge is 2.08. The number of furan rings is 1. The molecule has 19 heavy (non-hydrogen) atoms. The third kappa shape index (κ3) is 3.75. The Balaban J connectivity index is 1.78. The van der Waals surface area contributed by atoms with Crippen molar-refractivity contribution in [3.63, 3.8) is 0 Å². The van der Waals surface area contributed by atoms with E-state index in [1.807, 2.05) is 38.1 Å². The Bertz CT molecular complexity index is 523. The van der Waals surface area contributed by atoms with E-state index in [1.165, 1.54) is 0 Å². The van der Waals surface area contributed by atoms with Gasteiger partial charge in [-0.3, -0.25) is 0 Å². The second-order valence-electron chi connectivity index (χ2n) is 4.55. The molecule has 0 saturated heterocycles. The summed E-state index contributed by atoms with van der Waals surface area (Å²) < 4.78 is 11.0. The number of nitrogens with two attached hydrogens (primary N) is 1. The predicted octanol–water partition coefficient (Wildman–Crippen LogP) is 2.69. The van der Waals surface area contributed by atoms with Crippen LogP contribution in [0.3, 0.4) is 0 Å². The minimum absolute atomic E-state index is 0.630. The topological polar surface area (TPSA) is 39.0 Å². The molecule has 102 valence electrons. The van der Waals surface area contributed by atoms with Crippen LogP contribution in [0.15, 0.2) is 34.9 Å². The van der Waals surface area contributed by atoms with E-state index in [0.29, 0.717) is 11.6 Å². The molecular formula is C15H19ClNO2+. The molecule has 1 aromatic heterocycles. The monoisotopic (exact) mass is 280 g/mol. The van der Waals surface area contributed by atoms with Gasteiger partial charge in [0, 0.05) is 0 Å². The molecule has 0 saturated carbocycles. The molecule has 1 aromatic carbocycles. The zero-order valence-corrected chi connectivity index (χ0v) is 12.0. The van der Waals surface area contributed by atoms with Gasteiger partial charge in [0.15, 0.2) is 5.76 Å². The highest BCUT2D eigenvalue weighted by molar-refractivity contribution is 6.32. The van der Waals surface area contributed by atoms with Crippen LogP contribution < -0.4 is 10.1 Å². The van der Waals surface area contributed by atoms with Gasteiger partial charge in [0.05, 0.1) is 11.3 Å². The number of quaternary nitrogens is 1. The summed E-state index contributed by atoms with van der Waals surface area (Å²) in [6, 6.07) is 7.91. The Hall–Kier alpha value is -1.45. The van der Waals surface area contributed by atoms with Crippen molar-refractivity contribution >= 4 is 11.6 Å². The SMILES string of the molecule is Cc1ccc(C)c(OCC[NH2+]Cc2ccco2)c1Cl. The van der Waals surface area contributed by atoms with E-state index in [2.05, 4.69) is 5.32 Å². The van der Waals surface area contributed by atoms with E-state index < -0.39 is 0 Å². The Morgan fingerprint density at radius 3 is 2.74 bits per heavy atom. The summed E-state index contributed by atoms with van der Waals surface area (Å²) in [5, 5.41) is 2.86. The molecule has 0 aliphatic rings. The van der Waals surface area contributed by atoms with Gasteiger partial charge in [-0.1, -0.05) is 23.7 Å². The van der Waals surface area contributed by atoms with Gasteiger partial charge in [0.25, 0.3) is 0 Å². The number of benzene rings is 1. The smallest absolute Gasteiger partial charge is 0.157 e. The van der Waals surface area contributed by atoms with Crippen LogP contribution in [0.25, 0.3) is 0 Å². The van der Waals surface area contributed by atoms with Gasteiger partial charge in [-0.15, -0.1) is 0 Å². The Labute approximate surface area is 118 Å². The molecular weight excluding hydrogens is 262 g/mol. The zero-order chi connectivity index (χ0) is 13.7. The van der Waals surface area contributed by atoms with Gasteiger partial charge in [0.2, 0.25) is 0 Å². The lowest BCUT2D eigenvalue weighted by molar-refractivity contribution is -0.672. The van der Waals surface area contributed by atoms with Crippen molar-refractivity contribution in [3.05, 3.63) is 52.4 Å². The highest BCUT2D eigenvalue weighted by atomic mass is 35.5. The quantitative estimate of drug-likeness (QED) is 0.827. The second-order valence-corrected chi connectivity index (χ2v) is 4.93. The first kappa shape index (κ1) is 14.0. The number of rotatable bonds is 6. The maximum atomic E-state index is 6.24. The molecule has 1 heterocycles. The van der Waals surface area contributed by atoms with E-state index in [-0.39, 0.29) is 0 Å². The van der Waals surface area contributed by atoms with Crippen molar-refractivity contribution < 1.29 is 14.5 Å². The van der Waals surface area contributed by atoms with Crippen LogP contribution >= 0.6 is 11.6 Å². The van der Waals surface area contributed by atoms with E-state index in [0.717, 1.165) is 35.7 Å². The summed E-state index contributed by atoms with van der Waals surface area (Å²) in [5.74, 6) is 1.78. The summed E-state index contributed by atoms with van der Waals surface area (Å²) in [7, 11) is 0. The normalized spacial score (nSPS) is 10.7. The third-order valence-corrected chi connectivity index (χ3v) is 3.45. The van der Waals surface area contributed by atoms with Gasteiger partial charge < -0.3 is 14.5 Å². The molecule has 0 spiro atoms. The van der Waals surface area contributed by atoms with Crippen LogP contribution in [0, 0.1) is 13.8 Å². The summed E-state index contributed by atoms with van der Waals surface area (Å²) in [5.41, 5.74) is 2.11. The first-order valence-corrected chi connectivity index (χ1v) is 6.79. The van der Waals surface area contributed by atoms with Crippen LogP contribution in [-0.4, -0.2) is 13.2 Å². The molecule has 0 amide bonds. The number of halogens is 1. The number of hydrogen-bond donors (Lipinski definition) is 1. The molecule has 0 aliphatic heterocycles. The van der Waals surface area contributed by atoms with Crippen molar-refractivity contribution in [2.45, 2.75) is 20.4 Å². The highest BCUT2D eigenvalue weighted by Crippen LogP contribution is 2.31. The van der Waals surface area contributed by atoms with Crippen molar-refractivity contribution in [2.75, 3.05) is 13.2 Å². The Morgan fingerprint density at radius 2 is 2.00 bits per heavy atom. The van der Waals surface area contributed by atoms with Crippen molar-refractivity contribution in [3.8, 4) is 5.75 Å². The fourth-order valence-electron chi connectivity index (χ4n) is 1.85. The second kappa shape index (κ2) is 6.64.